The fourth-order valence-electron chi connectivity index (χ4n) is 4.35. The summed E-state index contributed by atoms with van der Waals surface area (Å²) in [5, 5.41) is 1.79. The van der Waals surface area contributed by atoms with Crippen LogP contribution in [0.25, 0.3) is 5.69 Å². The zero-order chi connectivity index (χ0) is 25.4. The van der Waals surface area contributed by atoms with E-state index in [1.807, 2.05) is 18.3 Å². The normalized spacial score (nSPS) is 16.1. The first-order valence-electron chi connectivity index (χ1n) is 11.3. The molecule has 35 heavy (non-hydrogen) atoms. The molecule has 2 aromatic carbocycles. The second-order valence-corrected chi connectivity index (χ2v) is 13.2. The fourth-order valence-corrected chi connectivity index (χ4v) is 6.70. The molecule has 0 N–H and O–H groups in total. The highest BCUT2D eigenvalue weighted by atomic mass is 35.5. The largest absolute Gasteiger partial charge is 0.291 e. The van der Waals surface area contributed by atoms with Crippen LogP contribution in [0.4, 0.5) is 4.39 Å². The van der Waals surface area contributed by atoms with Gasteiger partial charge in [0.2, 0.25) is 10.0 Å². The minimum absolute atomic E-state index is 0.300. The lowest BCUT2D eigenvalue weighted by molar-refractivity contribution is 0.292. The van der Waals surface area contributed by atoms with E-state index in [0.717, 1.165) is 40.7 Å². The Balaban J connectivity index is 1.63. The van der Waals surface area contributed by atoms with Crippen molar-refractivity contribution < 1.29 is 12.8 Å². The molecule has 2 heterocycles. The van der Waals surface area contributed by atoms with Gasteiger partial charge in [0.1, 0.15) is 5.82 Å². The SMILES string of the molecule is CC(C)(c1ccc(Cl)c(Cl)c1)c1cnc(SCC2CCN(S(C)(=O)=O)CC2)n1-c1ccc(F)cc1. The number of imidazole rings is 1. The summed E-state index contributed by atoms with van der Waals surface area (Å²) >= 11 is 14.1. The van der Waals surface area contributed by atoms with Crippen LogP contribution in [0.2, 0.25) is 10.0 Å². The van der Waals surface area contributed by atoms with E-state index < -0.39 is 15.4 Å². The molecular weight excluding hydrogens is 528 g/mol. The number of hydrogen-bond donors (Lipinski definition) is 0. The van der Waals surface area contributed by atoms with Crippen molar-refractivity contribution in [3.63, 3.8) is 0 Å². The van der Waals surface area contributed by atoms with Crippen LogP contribution in [0.3, 0.4) is 0 Å². The van der Waals surface area contributed by atoms with Crippen molar-refractivity contribution in [1.29, 1.82) is 0 Å². The van der Waals surface area contributed by atoms with E-state index in [-0.39, 0.29) is 5.82 Å². The van der Waals surface area contributed by atoms with Gasteiger partial charge in [-0.05, 0) is 60.7 Å². The van der Waals surface area contributed by atoms with E-state index in [9.17, 15) is 12.8 Å². The summed E-state index contributed by atoms with van der Waals surface area (Å²) in [4.78, 5) is 4.75. The number of rotatable bonds is 7. The molecule has 0 spiro atoms. The Bertz CT molecular complexity index is 1300. The molecule has 1 saturated heterocycles. The van der Waals surface area contributed by atoms with Crippen LogP contribution in [0, 0.1) is 11.7 Å². The van der Waals surface area contributed by atoms with E-state index in [1.165, 1.54) is 18.4 Å². The lowest BCUT2D eigenvalue weighted by Crippen LogP contribution is -2.38. The monoisotopic (exact) mass is 555 g/mol. The fraction of sp³-hybridized carbons (Fsp3) is 0.400. The molecule has 188 valence electrons. The predicted molar refractivity (Wildman–Crippen MR) is 142 cm³/mol. The number of piperidine rings is 1. The minimum atomic E-state index is -3.15. The van der Waals surface area contributed by atoms with Gasteiger partial charge in [0.25, 0.3) is 0 Å². The topological polar surface area (TPSA) is 55.2 Å². The van der Waals surface area contributed by atoms with Gasteiger partial charge in [-0.25, -0.2) is 22.1 Å². The van der Waals surface area contributed by atoms with Gasteiger partial charge in [-0.1, -0.05) is 54.9 Å². The van der Waals surface area contributed by atoms with Crippen LogP contribution in [0.5, 0.6) is 0 Å². The number of halogens is 3. The van der Waals surface area contributed by atoms with Crippen molar-refractivity contribution in [3.8, 4) is 5.69 Å². The standard InChI is InChI=1S/C25H28Cl2FN3O2S2/c1-25(2,18-4-9-21(26)22(27)14-18)23-15-29-24(31(23)20-7-5-19(28)6-8-20)34-16-17-10-12-30(13-11-17)35(3,32)33/h4-9,14-15,17H,10-13,16H2,1-3H3. The van der Waals surface area contributed by atoms with Crippen LogP contribution in [0.15, 0.2) is 53.8 Å². The molecule has 1 fully saturated rings. The van der Waals surface area contributed by atoms with Gasteiger partial charge in [-0.2, -0.15) is 0 Å². The van der Waals surface area contributed by atoms with Gasteiger partial charge in [-0.15, -0.1) is 0 Å². The summed E-state index contributed by atoms with van der Waals surface area (Å²) in [6, 6.07) is 12.0. The molecule has 0 atom stereocenters. The molecule has 1 aromatic heterocycles. The molecule has 5 nitrogen and oxygen atoms in total. The van der Waals surface area contributed by atoms with Crippen molar-refractivity contribution in [1.82, 2.24) is 13.9 Å². The summed E-state index contributed by atoms with van der Waals surface area (Å²) < 4.78 is 41.0. The Kier molecular flexibility index (Phi) is 7.88. The first-order valence-corrected chi connectivity index (χ1v) is 14.9. The summed E-state index contributed by atoms with van der Waals surface area (Å²) in [6.07, 6.45) is 4.76. The lowest BCUT2D eigenvalue weighted by Gasteiger charge is -2.30. The number of aromatic nitrogens is 2. The van der Waals surface area contributed by atoms with Gasteiger partial charge < -0.3 is 0 Å². The van der Waals surface area contributed by atoms with Gasteiger partial charge in [0.05, 0.1) is 28.2 Å². The van der Waals surface area contributed by atoms with Crippen LogP contribution < -0.4 is 0 Å². The van der Waals surface area contributed by atoms with Gasteiger partial charge >= 0.3 is 0 Å². The Morgan fingerprint density at radius 1 is 1.09 bits per heavy atom. The number of benzene rings is 2. The average molecular weight is 557 g/mol. The predicted octanol–water partition coefficient (Wildman–Crippen LogP) is 6.41. The quantitative estimate of drug-likeness (QED) is 0.316. The highest BCUT2D eigenvalue weighted by Gasteiger charge is 2.31. The molecule has 0 aliphatic carbocycles. The Hall–Kier alpha value is -1.58. The molecule has 0 saturated carbocycles. The summed E-state index contributed by atoms with van der Waals surface area (Å²) in [5.74, 6) is 0.913. The molecule has 1 aliphatic rings. The van der Waals surface area contributed by atoms with Crippen LogP contribution in [-0.2, 0) is 15.4 Å². The zero-order valence-electron chi connectivity index (χ0n) is 19.8. The Labute approximate surface area is 220 Å². The molecule has 3 aromatic rings. The zero-order valence-corrected chi connectivity index (χ0v) is 23.0. The second kappa shape index (κ2) is 10.4. The van der Waals surface area contributed by atoms with Crippen LogP contribution >= 0.6 is 35.0 Å². The van der Waals surface area contributed by atoms with Crippen molar-refractivity contribution in [3.05, 3.63) is 75.8 Å². The second-order valence-electron chi connectivity index (χ2n) is 9.41. The van der Waals surface area contributed by atoms with E-state index in [0.29, 0.717) is 29.1 Å². The van der Waals surface area contributed by atoms with E-state index in [2.05, 4.69) is 18.4 Å². The van der Waals surface area contributed by atoms with Crippen molar-refractivity contribution >= 4 is 45.0 Å². The molecule has 1 aliphatic heterocycles. The highest BCUT2D eigenvalue weighted by Crippen LogP contribution is 2.38. The molecule has 0 unspecified atom stereocenters. The summed E-state index contributed by atoms with van der Waals surface area (Å²) in [7, 11) is -3.15. The van der Waals surface area contributed by atoms with E-state index in [4.69, 9.17) is 28.2 Å². The molecule has 0 bridgehead atoms. The molecular formula is C25H28Cl2FN3O2S2. The maximum absolute atomic E-state index is 13.7. The third kappa shape index (κ3) is 5.88. The van der Waals surface area contributed by atoms with Crippen molar-refractivity contribution in [2.75, 3.05) is 25.1 Å². The number of nitrogens with zero attached hydrogens (tertiary/aromatic N) is 3. The maximum Gasteiger partial charge on any atom is 0.211 e. The first kappa shape index (κ1) is 26.5. The van der Waals surface area contributed by atoms with Gasteiger partial charge in [0.15, 0.2) is 5.16 Å². The Morgan fingerprint density at radius 3 is 2.34 bits per heavy atom. The summed E-state index contributed by atoms with van der Waals surface area (Å²) in [5.41, 5.74) is 2.29. The summed E-state index contributed by atoms with van der Waals surface area (Å²) in [6.45, 7) is 5.29. The third-order valence-electron chi connectivity index (χ3n) is 6.59. The number of thioether (sulfide) groups is 1. The lowest BCUT2D eigenvalue weighted by atomic mass is 9.81. The average Bonchev–Trinajstić information content (AvgIpc) is 3.24. The molecule has 0 amide bonds. The van der Waals surface area contributed by atoms with Crippen LogP contribution in [-0.4, -0.2) is 47.4 Å². The van der Waals surface area contributed by atoms with Crippen molar-refractivity contribution in [2.24, 2.45) is 5.92 Å². The number of hydrogen-bond acceptors (Lipinski definition) is 4. The van der Waals surface area contributed by atoms with Gasteiger partial charge in [0, 0.05) is 29.9 Å². The molecule has 4 rings (SSSR count). The van der Waals surface area contributed by atoms with E-state index in [1.54, 1.807) is 34.3 Å². The smallest absolute Gasteiger partial charge is 0.211 e. The van der Waals surface area contributed by atoms with Gasteiger partial charge in [-0.3, -0.25) is 4.57 Å². The Morgan fingerprint density at radius 2 is 1.74 bits per heavy atom. The maximum atomic E-state index is 13.7. The molecule has 0 radical (unpaired) electrons. The van der Waals surface area contributed by atoms with Crippen molar-refractivity contribution in [2.45, 2.75) is 37.3 Å². The highest BCUT2D eigenvalue weighted by molar-refractivity contribution is 7.99. The van der Waals surface area contributed by atoms with E-state index >= 15 is 0 Å². The minimum Gasteiger partial charge on any atom is -0.291 e. The first-order chi connectivity index (χ1) is 16.5. The number of sulfonamides is 1. The van der Waals surface area contributed by atoms with Crippen LogP contribution in [0.1, 0.15) is 37.9 Å². The molecule has 10 heteroatoms. The third-order valence-corrected chi connectivity index (χ3v) is 9.81.